The molecule has 1 aromatic rings. The maximum Gasteiger partial charge on any atom is 0.240 e. The minimum absolute atomic E-state index is 0.245. The van der Waals surface area contributed by atoms with Crippen LogP contribution in [-0.4, -0.2) is 26.7 Å². The van der Waals surface area contributed by atoms with E-state index in [1.807, 2.05) is 0 Å². The van der Waals surface area contributed by atoms with Gasteiger partial charge in [-0.25, -0.2) is 13.1 Å². The summed E-state index contributed by atoms with van der Waals surface area (Å²) in [6.45, 7) is 4.03. The third kappa shape index (κ3) is 4.97. The van der Waals surface area contributed by atoms with Crippen LogP contribution in [0.25, 0.3) is 0 Å². The number of aliphatic hydroxyl groups excluding tert-OH is 1. The van der Waals surface area contributed by atoms with Gasteiger partial charge in [-0.2, -0.15) is 0 Å². The molecule has 0 atom stereocenters. The summed E-state index contributed by atoms with van der Waals surface area (Å²) in [5, 5.41) is 8.67. The van der Waals surface area contributed by atoms with Gasteiger partial charge in [-0.05, 0) is 31.0 Å². The largest absolute Gasteiger partial charge is 0.384 e. The van der Waals surface area contributed by atoms with Crippen molar-refractivity contribution in [1.82, 2.24) is 4.72 Å². The first-order chi connectivity index (χ1) is 9.51. The first kappa shape index (κ1) is 16.7. The van der Waals surface area contributed by atoms with Gasteiger partial charge < -0.3 is 5.11 Å². The quantitative estimate of drug-likeness (QED) is 0.621. The van der Waals surface area contributed by atoms with Gasteiger partial charge in [0.2, 0.25) is 10.0 Å². The van der Waals surface area contributed by atoms with Crippen LogP contribution in [0.1, 0.15) is 37.3 Å². The average molecular weight is 295 g/mol. The summed E-state index contributed by atoms with van der Waals surface area (Å²) in [4.78, 5) is 0.249. The number of aliphatic hydroxyl groups is 1. The average Bonchev–Trinajstić information content (AvgIpc) is 2.42. The number of nitrogens with one attached hydrogen (secondary N) is 1. The van der Waals surface area contributed by atoms with Gasteiger partial charge in [0.25, 0.3) is 0 Å². The second-order valence-corrected chi connectivity index (χ2v) is 6.28. The lowest BCUT2D eigenvalue weighted by atomic mass is 10.1. The molecule has 0 aliphatic carbocycles. The molecule has 0 fully saturated rings. The fourth-order valence-corrected chi connectivity index (χ4v) is 3.11. The van der Waals surface area contributed by atoms with Crippen molar-refractivity contribution in [3.8, 4) is 11.8 Å². The molecular weight excluding hydrogens is 274 g/mol. The highest BCUT2D eigenvalue weighted by atomic mass is 32.2. The molecule has 1 rings (SSSR count). The molecule has 0 aliphatic heterocycles. The minimum atomic E-state index is -3.50. The third-order valence-corrected chi connectivity index (χ3v) is 4.46. The lowest BCUT2D eigenvalue weighted by molar-refractivity contribution is 0.350. The Labute approximate surface area is 121 Å². The van der Waals surface area contributed by atoms with Crippen molar-refractivity contribution in [2.75, 3.05) is 13.2 Å². The molecule has 0 bridgehead atoms. The summed E-state index contributed by atoms with van der Waals surface area (Å²) in [5.74, 6) is 5.23. The Morgan fingerprint density at radius 3 is 2.70 bits per heavy atom. The molecule has 20 heavy (non-hydrogen) atoms. The fraction of sp³-hybridized carbons (Fsp3) is 0.467. The molecule has 0 unspecified atom stereocenters. The summed E-state index contributed by atoms with van der Waals surface area (Å²) >= 11 is 0. The molecule has 110 valence electrons. The highest BCUT2D eigenvalue weighted by molar-refractivity contribution is 7.89. The second-order valence-electron chi connectivity index (χ2n) is 4.55. The van der Waals surface area contributed by atoms with Crippen LogP contribution in [0.2, 0.25) is 0 Å². The van der Waals surface area contributed by atoms with E-state index in [1.54, 1.807) is 25.1 Å². The van der Waals surface area contributed by atoms with Crippen LogP contribution in [0.15, 0.2) is 23.1 Å². The summed E-state index contributed by atoms with van der Waals surface area (Å²) in [5.41, 5.74) is 1.26. The van der Waals surface area contributed by atoms with E-state index in [1.165, 1.54) is 0 Å². The van der Waals surface area contributed by atoms with Gasteiger partial charge in [-0.3, -0.25) is 0 Å². The van der Waals surface area contributed by atoms with Gasteiger partial charge in [0.15, 0.2) is 0 Å². The normalized spacial score (nSPS) is 10.9. The van der Waals surface area contributed by atoms with Crippen LogP contribution in [0.4, 0.5) is 0 Å². The molecule has 0 aromatic heterocycles. The first-order valence-electron chi connectivity index (χ1n) is 6.71. The van der Waals surface area contributed by atoms with Crippen molar-refractivity contribution in [3.05, 3.63) is 29.3 Å². The molecule has 0 aliphatic rings. The van der Waals surface area contributed by atoms with Gasteiger partial charge >= 0.3 is 0 Å². The van der Waals surface area contributed by atoms with E-state index in [9.17, 15) is 8.42 Å². The van der Waals surface area contributed by atoms with Gasteiger partial charge in [0.05, 0.1) is 4.90 Å². The molecule has 0 heterocycles. The summed E-state index contributed by atoms with van der Waals surface area (Å²) < 4.78 is 27.1. The molecule has 0 spiro atoms. The van der Waals surface area contributed by atoms with Gasteiger partial charge in [-0.15, -0.1) is 0 Å². The number of rotatable bonds is 6. The van der Waals surface area contributed by atoms with E-state index < -0.39 is 10.0 Å². The molecule has 0 saturated carbocycles. The molecule has 4 nitrogen and oxygen atoms in total. The Kier molecular flexibility index (Phi) is 6.73. The monoisotopic (exact) mass is 295 g/mol. The zero-order chi connectivity index (χ0) is 15.0. The Bertz CT molecular complexity index is 597. The van der Waals surface area contributed by atoms with Crippen LogP contribution in [-0.2, 0) is 10.0 Å². The number of unbranched alkanes of at least 4 members (excludes halogenated alkanes) is 2. The minimum Gasteiger partial charge on any atom is -0.384 e. The summed E-state index contributed by atoms with van der Waals surface area (Å²) in [6.07, 6.45) is 2.88. The zero-order valence-electron chi connectivity index (χ0n) is 11.9. The molecule has 5 heteroatoms. The van der Waals surface area contributed by atoms with Crippen molar-refractivity contribution >= 4 is 10.0 Å². The Morgan fingerprint density at radius 1 is 1.30 bits per heavy atom. The summed E-state index contributed by atoms with van der Waals surface area (Å²) in [7, 11) is -3.50. The van der Waals surface area contributed by atoms with Crippen LogP contribution < -0.4 is 4.72 Å². The number of benzene rings is 1. The number of sulfonamides is 1. The highest BCUT2D eigenvalue weighted by Crippen LogP contribution is 2.16. The Morgan fingerprint density at radius 2 is 2.05 bits per heavy atom. The van der Waals surface area contributed by atoms with E-state index in [2.05, 4.69) is 23.5 Å². The Balaban J connectivity index is 2.93. The van der Waals surface area contributed by atoms with E-state index in [0.29, 0.717) is 17.7 Å². The molecule has 0 saturated heterocycles. The molecule has 2 N–H and O–H groups in total. The molecule has 0 radical (unpaired) electrons. The summed E-state index contributed by atoms with van der Waals surface area (Å²) in [6, 6.07) is 5.01. The van der Waals surface area contributed by atoms with Gasteiger partial charge in [-0.1, -0.05) is 37.7 Å². The maximum atomic E-state index is 12.2. The smallest absolute Gasteiger partial charge is 0.240 e. The number of hydrogen-bond acceptors (Lipinski definition) is 3. The van der Waals surface area contributed by atoms with E-state index >= 15 is 0 Å². The van der Waals surface area contributed by atoms with E-state index in [4.69, 9.17) is 5.11 Å². The van der Waals surface area contributed by atoms with Crippen molar-refractivity contribution in [1.29, 1.82) is 0 Å². The lowest BCUT2D eigenvalue weighted by Crippen LogP contribution is -2.25. The van der Waals surface area contributed by atoms with Crippen molar-refractivity contribution in [3.63, 3.8) is 0 Å². The topological polar surface area (TPSA) is 66.4 Å². The zero-order valence-corrected chi connectivity index (χ0v) is 12.8. The SMILES string of the molecule is CCCCCNS(=O)(=O)c1cc(C#CCO)ccc1C. The molecule has 0 amide bonds. The van der Waals surface area contributed by atoms with Crippen molar-refractivity contribution in [2.45, 2.75) is 38.0 Å². The van der Waals surface area contributed by atoms with Gasteiger partial charge in [0.1, 0.15) is 6.61 Å². The van der Waals surface area contributed by atoms with Crippen molar-refractivity contribution in [2.24, 2.45) is 0 Å². The second kappa shape index (κ2) is 8.05. The van der Waals surface area contributed by atoms with E-state index in [-0.39, 0.29) is 11.5 Å². The maximum absolute atomic E-state index is 12.2. The molecular formula is C15H21NO3S. The van der Waals surface area contributed by atoms with Crippen LogP contribution in [0.3, 0.4) is 0 Å². The van der Waals surface area contributed by atoms with E-state index in [0.717, 1.165) is 19.3 Å². The fourth-order valence-electron chi connectivity index (χ4n) is 1.77. The molecule has 1 aromatic carbocycles. The van der Waals surface area contributed by atoms with Crippen molar-refractivity contribution < 1.29 is 13.5 Å². The number of aryl methyl sites for hydroxylation is 1. The van der Waals surface area contributed by atoms with Gasteiger partial charge in [0, 0.05) is 12.1 Å². The highest BCUT2D eigenvalue weighted by Gasteiger charge is 2.16. The third-order valence-electron chi connectivity index (χ3n) is 2.86. The predicted molar refractivity (Wildman–Crippen MR) is 79.9 cm³/mol. The van der Waals surface area contributed by atoms with Crippen LogP contribution in [0.5, 0.6) is 0 Å². The predicted octanol–water partition coefficient (Wildman–Crippen LogP) is 1.81. The lowest BCUT2D eigenvalue weighted by Gasteiger charge is -2.09. The van der Waals surface area contributed by atoms with Crippen LogP contribution >= 0.6 is 0 Å². The first-order valence-corrected chi connectivity index (χ1v) is 8.19. The number of hydrogen-bond donors (Lipinski definition) is 2. The standard InChI is InChI=1S/C15H21NO3S/c1-3-4-5-10-16-20(18,19)15-12-14(7-6-11-17)9-8-13(15)2/h8-9,12,16-17H,3-5,10-11H2,1-2H3. The Hall–Kier alpha value is -1.35. The van der Waals surface area contributed by atoms with Crippen LogP contribution in [0, 0.1) is 18.8 Å².